The van der Waals surface area contributed by atoms with E-state index >= 15 is 0 Å². The van der Waals surface area contributed by atoms with Crippen LogP contribution in [0, 0.1) is 0 Å². The Bertz CT molecular complexity index is 72.6. The molecule has 0 aromatic carbocycles. The van der Waals surface area contributed by atoms with E-state index in [-0.39, 0.29) is 0 Å². The standard InChI is InChI=1S/C3H6NO3/c1-2(4-7)3(5)6/h2,4H,1H3,(H,5,6). The molecular weight excluding hydrogens is 98.0 g/mol. The van der Waals surface area contributed by atoms with Crippen molar-refractivity contribution in [2.75, 3.05) is 0 Å². The number of hydroxylamine groups is 1. The summed E-state index contributed by atoms with van der Waals surface area (Å²) in [5.41, 5.74) is 1.31. The summed E-state index contributed by atoms with van der Waals surface area (Å²) in [5.74, 6) is -1.13. The van der Waals surface area contributed by atoms with Crippen molar-refractivity contribution >= 4 is 5.97 Å². The quantitative estimate of drug-likeness (QED) is 0.459. The van der Waals surface area contributed by atoms with Crippen LogP contribution in [0.2, 0.25) is 0 Å². The highest BCUT2D eigenvalue weighted by molar-refractivity contribution is 5.72. The van der Waals surface area contributed by atoms with E-state index in [1.807, 2.05) is 0 Å². The normalized spacial score (nSPS) is 13.4. The molecule has 1 radical (unpaired) electrons. The maximum absolute atomic E-state index is 9.67. The van der Waals surface area contributed by atoms with Gasteiger partial charge in [0.05, 0.1) is 0 Å². The first-order valence-corrected chi connectivity index (χ1v) is 1.79. The van der Waals surface area contributed by atoms with Crippen molar-refractivity contribution in [1.29, 1.82) is 0 Å². The summed E-state index contributed by atoms with van der Waals surface area (Å²) in [7, 11) is 0. The molecule has 0 amide bonds. The Labute approximate surface area is 40.7 Å². The van der Waals surface area contributed by atoms with Gasteiger partial charge in [0.1, 0.15) is 6.04 Å². The van der Waals surface area contributed by atoms with E-state index in [4.69, 9.17) is 5.11 Å². The summed E-state index contributed by atoms with van der Waals surface area (Å²) in [4.78, 5) is 9.67. The fourth-order valence-electron chi connectivity index (χ4n) is 0.0504. The van der Waals surface area contributed by atoms with Crippen molar-refractivity contribution in [2.45, 2.75) is 13.0 Å². The number of hydrogen-bond acceptors (Lipinski definition) is 2. The van der Waals surface area contributed by atoms with Crippen LogP contribution < -0.4 is 5.48 Å². The number of carboxylic acids is 1. The molecule has 4 heteroatoms. The molecule has 0 fully saturated rings. The SMILES string of the molecule is CC(N[O])C(=O)O. The Kier molecular flexibility index (Phi) is 2.32. The summed E-state index contributed by atoms with van der Waals surface area (Å²) in [6, 6.07) is -0.986. The van der Waals surface area contributed by atoms with E-state index in [1.54, 1.807) is 0 Å². The Morgan fingerprint density at radius 3 is 2.29 bits per heavy atom. The Morgan fingerprint density at radius 1 is 1.86 bits per heavy atom. The van der Waals surface area contributed by atoms with Crippen LogP contribution in [0.4, 0.5) is 0 Å². The molecule has 0 aliphatic rings. The van der Waals surface area contributed by atoms with Gasteiger partial charge in [-0.1, -0.05) is 0 Å². The highest BCUT2D eigenvalue weighted by Crippen LogP contribution is 1.74. The molecule has 2 N–H and O–H groups in total. The van der Waals surface area contributed by atoms with E-state index < -0.39 is 12.0 Å². The maximum Gasteiger partial charge on any atom is 0.322 e. The lowest BCUT2D eigenvalue weighted by molar-refractivity contribution is -0.143. The van der Waals surface area contributed by atoms with Gasteiger partial charge in [0.2, 0.25) is 0 Å². The number of nitrogens with one attached hydrogen (secondary N) is 1. The minimum absolute atomic E-state index is 0.986. The third-order valence-corrected chi connectivity index (χ3v) is 0.547. The predicted molar refractivity (Wildman–Crippen MR) is 20.9 cm³/mol. The van der Waals surface area contributed by atoms with Gasteiger partial charge >= 0.3 is 5.97 Å². The van der Waals surface area contributed by atoms with Gasteiger partial charge in [-0.25, -0.2) is 0 Å². The molecule has 0 saturated heterocycles. The molecule has 1 atom stereocenters. The Morgan fingerprint density at radius 2 is 2.29 bits per heavy atom. The van der Waals surface area contributed by atoms with Gasteiger partial charge in [0.25, 0.3) is 0 Å². The minimum atomic E-state index is -1.13. The molecule has 0 spiro atoms. The number of hydrogen-bond donors (Lipinski definition) is 2. The Balaban J connectivity index is 3.34. The lowest BCUT2D eigenvalue weighted by Crippen LogP contribution is -2.29. The third-order valence-electron chi connectivity index (χ3n) is 0.547. The molecule has 0 aliphatic carbocycles. The summed E-state index contributed by atoms with van der Waals surface area (Å²) in [6.45, 7) is 1.27. The molecule has 0 aromatic rings. The van der Waals surface area contributed by atoms with Crippen molar-refractivity contribution in [3.63, 3.8) is 0 Å². The number of aliphatic carboxylic acids is 1. The lowest BCUT2D eigenvalue weighted by Gasteiger charge is -1.95. The smallest absolute Gasteiger partial charge is 0.322 e. The van der Waals surface area contributed by atoms with Gasteiger partial charge in [-0.3, -0.25) is 4.79 Å². The first-order chi connectivity index (χ1) is 3.18. The van der Waals surface area contributed by atoms with Crippen LogP contribution in [0.15, 0.2) is 0 Å². The molecule has 7 heavy (non-hydrogen) atoms. The topological polar surface area (TPSA) is 69.2 Å². The number of carboxylic acid groups (broad SMARTS) is 1. The van der Waals surface area contributed by atoms with Gasteiger partial charge in [0.15, 0.2) is 0 Å². The largest absolute Gasteiger partial charge is 0.480 e. The van der Waals surface area contributed by atoms with Crippen molar-refractivity contribution < 1.29 is 15.1 Å². The van der Waals surface area contributed by atoms with Crippen LogP contribution in [0.3, 0.4) is 0 Å². The number of carbonyl (C=O) groups is 1. The second kappa shape index (κ2) is 2.54. The van der Waals surface area contributed by atoms with Crippen LogP contribution in [0.1, 0.15) is 6.92 Å². The van der Waals surface area contributed by atoms with Gasteiger partial charge in [-0.2, -0.15) is 5.48 Å². The fraction of sp³-hybridized carbons (Fsp3) is 0.667. The lowest BCUT2D eigenvalue weighted by atomic mass is 10.4. The van der Waals surface area contributed by atoms with Crippen molar-refractivity contribution in [3.05, 3.63) is 0 Å². The summed E-state index contributed by atoms with van der Waals surface area (Å²) >= 11 is 0. The van der Waals surface area contributed by atoms with Crippen LogP contribution >= 0.6 is 0 Å². The van der Waals surface area contributed by atoms with Gasteiger partial charge in [-0.05, 0) is 6.92 Å². The summed E-state index contributed by atoms with van der Waals surface area (Å²) in [6.07, 6.45) is 0. The second-order valence-corrected chi connectivity index (χ2v) is 1.18. The first kappa shape index (κ1) is 6.39. The molecule has 0 rings (SSSR count). The van der Waals surface area contributed by atoms with Crippen molar-refractivity contribution in [1.82, 2.24) is 5.48 Å². The molecule has 1 unspecified atom stereocenters. The van der Waals surface area contributed by atoms with Crippen LogP contribution in [0.5, 0.6) is 0 Å². The van der Waals surface area contributed by atoms with E-state index in [0.717, 1.165) is 0 Å². The van der Waals surface area contributed by atoms with Crippen molar-refractivity contribution in [3.8, 4) is 0 Å². The molecule has 0 bridgehead atoms. The highest BCUT2D eigenvalue weighted by Gasteiger charge is 2.06. The van der Waals surface area contributed by atoms with Gasteiger partial charge in [-0.15, -0.1) is 5.21 Å². The van der Waals surface area contributed by atoms with Crippen LogP contribution in [0.25, 0.3) is 0 Å². The molecular formula is C3H6NO3. The highest BCUT2D eigenvalue weighted by atomic mass is 16.5. The monoisotopic (exact) mass is 104 g/mol. The first-order valence-electron chi connectivity index (χ1n) is 1.79. The molecule has 41 valence electrons. The predicted octanol–water partition coefficient (Wildman–Crippen LogP) is -0.605. The zero-order valence-corrected chi connectivity index (χ0v) is 3.84. The van der Waals surface area contributed by atoms with E-state index in [2.05, 4.69) is 0 Å². The molecule has 0 aromatic heterocycles. The van der Waals surface area contributed by atoms with E-state index in [0.29, 0.717) is 0 Å². The van der Waals surface area contributed by atoms with Crippen LogP contribution in [-0.2, 0) is 10.0 Å². The molecule has 4 nitrogen and oxygen atoms in total. The summed E-state index contributed by atoms with van der Waals surface area (Å²) < 4.78 is 0. The zero-order valence-electron chi connectivity index (χ0n) is 3.84. The Hall–Kier alpha value is -0.610. The fourth-order valence-corrected chi connectivity index (χ4v) is 0.0504. The zero-order chi connectivity index (χ0) is 5.86. The average molecular weight is 104 g/mol. The second-order valence-electron chi connectivity index (χ2n) is 1.18. The molecule has 0 heterocycles. The minimum Gasteiger partial charge on any atom is -0.480 e. The van der Waals surface area contributed by atoms with Gasteiger partial charge in [0, 0.05) is 0 Å². The average Bonchev–Trinajstić information content (AvgIpc) is 1.65. The maximum atomic E-state index is 9.67. The van der Waals surface area contributed by atoms with Crippen LogP contribution in [-0.4, -0.2) is 17.1 Å². The molecule has 0 saturated carbocycles. The molecule has 0 aliphatic heterocycles. The summed E-state index contributed by atoms with van der Waals surface area (Å²) in [5, 5.41) is 17.4. The number of rotatable bonds is 2. The van der Waals surface area contributed by atoms with Crippen molar-refractivity contribution in [2.24, 2.45) is 0 Å². The van der Waals surface area contributed by atoms with Gasteiger partial charge < -0.3 is 5.11 Å². The third kappa shape index (κ3) is 2.13. The van der Waals surface area contributed by atoms with E-state index in [1.165, 1.54) is 12.4 Å². The van der Waals surface area contributed by atoms with E-state index in [9.17, 15) is 10.0 Å².